The Morgan fingerprint density at radius 2 is 1.33 bits per heavy atom. The summed E-state index contributed by atoms with van der Waals surface area (Å²) in [5.41, 5.74) is 2.24. The SMILES string of the molecule is C[C@@](CS)(C(=O)O)N(Cc1ccc2ccccc2n1)Cc1ccc2ccccc2n1. The lowest BCUT2D eigenvalue weighted by molar-refractivity contribution is -0.149. The van der Waals surface area contributed by atoms with E-state index in [1.807, 2.05) is 77.7 Å². The molecule has 4 rings (SSSR count). The maximum absolute atomic E-state index is 12.2. The van der Waals surface area contributed by atoms with Crippen molar-refractivity contribution < 1.29 is 9.90 Å². The van der Waals surface area contributed by atoms with Gasteiger partial charge in [0, 0.05) is 29.6 Å². The fourth-order valence-corrected chi connectivity index (χ4v) is 3.83. The number of aromatic nitrogens is 2. The summed E-state index contributed by atoms with van der Waals surface area (Å²) in [7, 11) is 0. The number of para-hydroxylation sites is 2. The number of rotatable bonds is 7. The number of hydrogen-bond acceptors (Lipinski definition) is 5. The van der Waals surface area contributed by atoms with Crippen LogP contribution in [0.2, 0.25) is 0 Å². The molecule has 0 bridgehead atoms. The van der Waals surface area contributed by atoms with E-state index < -0.39 is 11.5 Å². The largest absolute Gasteiger partial charge is 0.480 e. The van der Waals surface area contributed by atoms with Gasteiger partial charge in [0.15, 0.2) is 0 Å². The molecule has 0 aliphatic carbocycles. The molecule has 2 aromatic heterocycles. The Morgan fingerprint density at radius 1 is 0.867 bits per heavy atom. The zero-order valence-electron chi connectivity index (χ0n) is 16.7. The second kappa shape index (κ2) is 8.42. The first-order chi connectivity index (χ1) is 14.5. The Labute approximate surface area is 180 Å². The molecule has 1 atom stereocenters. The van der Waals surface area contributed by atoms with Crippen molar-refractivity contribution in [3.05, 3.63) is 84.2 Å². The molecule has 0 amide bonds. The van der Waals surface area contributed by atoms with Gasteiger partial charge in [-0.1, -0.05) is 48.5 Å². The number of aliphatic carboxylic acids is 1. The van der Waals surface area contributed by atoms with E-state index in [-0.39, 0.29) is 5.75 Å². The van der Waals surface area contributed by atoms with Gasteiger partial charge in [-0.3, -0.25) is 19.7 Å². The van der Waals surface area contributed by atoms with E-state index in [4.69, 9.17) is 9.97 Å². The van der Waals surface area contributed by atoms with Crippen molar-refractivity contribution in [2.24, 2.45) is 0 Å². The minimum atomic E-state index is -1.16. The zero-order chi connectivity index (χ0) is 21.1. The standard InChI is InChI=1S/C24H23N3O2S/c1-24(16-30,23(28)29)27(14-19-12-10-17-6-2-4-8-21(17)25-19)15-20-13-11-18-7-3-5-9-22(18)26-20/h2-13,30H,14-16H2,1H3,(H,28,29)/t24-/m1/s1. The van der Waals surface area contributed by atoms with Gasteiger partial charge in [-0.2, -0.15) is 12.6 Å². The van der Waals surface area contributed by atoms with Gasteiger partial charge in [0.25, 0.3) is 0 Å². The number of carboxylic acid groups (broad SMARTS) is 1. The van der Waals surface area contributed by atoms with Crippen molar-refractivity contribution in [1.82, 2.24) is 14.9 Å². The molecule has 30 heavy (non-hydrogen) atoms. The molecule has 0 aliphatic heterocycles. The van der Waals surface area contributed by atoms with Crippen molar-refractivity contribution in [2.75, 3.05) is 5.75 Å². The molecule has 2 aromatic carbocycles. The quantitative estimate of drug-likeness (QED) is 0.432. The number of fused-ring (bicyclic) bond motifs is 2. The van der Waals surface area contributed by atoms with Crippen LogP contribution >= 0.6 is 12.6 Å². The van der Waals surface area contributed by atoms with Gasteiger partial charge in [0.05, 0.1) is 22.4 Å². The summed E-state index contributed by atoms with van der Waals surface area (Å²) in [6, 6.07) is 23.7. The smallest absolute Gasteiger partial charge is 0.324 e. The molecule has 0 unspecified atom stereocenters. The number of hydrogen-bond donors (Lipinski definition) is 2. The van der Waals surface area contributed by atoms with Crippen LogP contribution < -0.4 is 0 Å². The molecule has 0 saturated carbocycles. The van der Waals surface area contributed by atoms with Crippen LogP contribution in [0.25, 0.3) is 21.8 Å². The summed E-state index contributed by atoms with van der Waals surface area (Å²) in [5.74, 6) is -0.747. The molecule has 0 spiro atoms. The number of carboxylic acids is 1. The van der Waals surface area contributed by atoms with Crippen molar-refractivity contribution in [2.45, 2.75) is 25.6 Å². The minimum absolute atomic E-state index is 0.170. The first-order valence-electron chi connectivity index (χ1n) is 9.78. The Bertz CT molecular complexity index is 1130. The van der Waals surface area contributed by atoms with Crippen molar-refractivity contribution in [1.29, 1.82) is 0 Å². The predicted molar refractivity (Wildman–Crippen MR) is 123 cm³/mol. The highest BCUT2D eigenvalue weighted by Gasteiger charge is 2.39. The Hall–Kier alpha value is -2.96. The van der Waals surface area contributed by atoms with Crippen molar-refractivity contribution in [3.8, 4) is 0 Å². The lowest BCUT2D eigenvalue weighted by Gasteiger charge is -2.36. The number of pyridine rings is 2. The van der Waals surface area contributed by atoms with Gasteiger partial charge in [-0.25, -0.2) is 0 Å². The molecule has 0 aliphatic rings. The number of carbonyl (C=O) groups is 1. The van der Waals surface area contributed by atoms with Crippen LogP contribution in [0.5, 0.6) is 0 Å². The van der Waals surface area contributed by atoms with E-state index in [1.54, 1.807) is 6.92 Å². The summed E-state index contributed by atoms with van der Waals surface area (Å²) in [5, 5.41) is 12.1. The molecule has 1 N–H and O–H groups in total. The maximum Gasteiger partial charge on any atom is 0.324 e. The highest BCUT2D eigenvalue weighted by molar-refractivity contribution is 7.80. The highest BCUT2D eigenvalue weighted by atomic mass is 32.1. The Kier molecular flexibility index (Phi) is 5.70. The van der Waals surface area contributed by atoms with E-state index in [9.17, 15) is 9.90 Å². The van der Waals surface area contributed by atoms with Crippen LogP contribution in [0.15, 0.2) is 72.8 Å². The Morgan fingerprint density at radius 3 is 1.77 bits per heavy atom. The number of thiol groups is 1. The second-order valence-electron chi connectivity index (χ2n) is 7.58. The monoisotopic (exact) mass is 417 g/mol. The molecule has 4 aromatic rings. The third-order valence-electron chi connectivity index (χ3n) is 5.48. The van der Waals surface area contributed by atoms with E-state index in [2.05, 4.69) is 12.6 Å². The summed E-state index contributed by atoms with van der Waals surface area (Å²) < 4.78 is 0. The van der Waals surface area contributed by atoms with Crippen LogP contribution in [0.1, 0.15) is 18.3 Å². The van der Waals surface area contributed by atoms with Crippen molar-refractivity contribution >= 4 is 40.4 Å². The van der Waals surface area contributed by atoms with Crippen LogP contribution in [-0.2, 0) is 17.9 Å². The first kappa shape index (κ1) is 20.3. The minimum Gasteiger partial charge on any atom is -0.480 e. The van der Waals surface area contributed by atoms with Crippen LogP contribution in [-0.4, -0.2) is 37.2 Å². The van der Waals surface area contributed by atoms with E-state index >= 15 is 0 Å². The topological polar surface area (TPSA) is 66.3 Å². The summed E-state index contributed by atoms with van der Waals surface area (Å²) in [6.45, 7) is 2.45. The van der Waals surface area contributed by atoms with Crippen LogP contribution in [0, 0.1) is 0 Å². The normalized spacial score (nSPS) is 13.6. The molecule has 2 heterocycles. The Balaban J connectivity index is 1.70. The lowest BCUT2D eigenvalue weighted by atomic mass is 10.0. The van der Waals surface area contributed by atoms with E-state index in [0.717, 1.165) is 33.2 Å². The third-order valence-corrected chi connectivity index (χ3v) is 6.10. The summed E-state index contributed by atoms with van der Waals surface area (Å²) in [4.78, 5) is 23.5. The van der Waals surface area contributed by atoms with E-state index in [0.29, 0.717) is 13.1 Å². The highest BCUT2D eigenvalue weighted by Crippen LogP contribution is 2.24. The molecule has 0 fully saturated rings. The van der Waals surface area contributed by atoms with Crippen LogP contribution in [0.4, 0.5) is 0 Å². The summed E-state index contributed by atoms with van der Waals surface area (Å²) >= 11 is 4.37. The number of benzene rings is 2. The van der Waals surface area contributed by atoms with Crippen LogP contribution in [0.3, 0.4) is 0 Å². The van der Waals surface area contributed by atoms with Gasteiger partial charge in [-0.15, -0.1) is 0 Å². The zero-order valence-corrected chi connectivity index (χ0v) is 17.6. The molecular formula is C24H23N3O2S. The lowest BCUT2D eigenvalue weighted by Crippen LogP contribution is -2.53. The number of nitrogens with zero attached hydrogens (tertiary/aromatic N) is 3. The molecule has 6 heteroatoms. The van der Waals surface area contributed by atoms with Gasteiger partial charge in [0.2, 0.25) is 0 Å². The van der Waals surface area contributed by atoms with Gasteiger partial charge >= 0.3 is 5.97 Å². The molecule has 152 valence electrons. The first-order valence-corrected chi connectivity index (χ1v) is 10.4. The molecule has 0 radical (unpaired) electrons. The van der Waals surface area contributed by atoms with E-state index in [1.165, 1.54) is 0 Å². The van der Waals surface area contributed by atoms with Gasteiger partial charge < -0.3 is 5.11 Å². The fourth-order valence-electron chi connectivity index (χ4n) is 3.49. The average Bonchev–Trinajstić information content (AvgIpc) is 2.77. The maximum atomic E-state index is 12.2. The van der Waals surface area contributed by atoms with Gasteiger partial charge in [0.1, 0.15) is 5.54 Å². The molecular weight excluding hydrogens is 394 g/mol. The molecule has 0 saturated heterocycles. The second-order valence-corrected chi connectivity index (χ2v) is 7.90. The third kappa shape index (κ3) is 4.01. The van der Waals surface area contributed by atoms with Gasteiger partial charge in [-0.05, 0) is 31.2 Å². The summed E-state index contributed by atoms with van der Waals surface area (Å²) in [6.07, 6.45) is 0. The van der Waals surface area contributed by atoms with Crippen molar-refractivity contribution in [3.63, 3.8) is 0 Å². The average molecular weight is 418 g/mol. The predicted octanol–water partition coefficient (Wildman–Crippen LogP) is 4.56. The molecule has 5 nitrogen and oxygen atoms in total. The fraction of sp³-hybridized carbons (Fsp3) is 0.208.